The zero-order valence-electron chi connectivity index (χ0n) is 9.02. The van der Waals surface area contributed by atoms with Crippen molar-refractivity contribution in [1.82, 2.24) is 4.98 Å². The molecule has 4 nitrogen and oxygen atoms in total. The van der Waals surface area contributed by atoms with Crippen LogP contribution in [-0.4, -0.2) is 16.1 Å². The molecule has 0 spiro atoms. The van der Waals surface area contributed by atoms with Gasteiger partial charge in [-0.25, -0.2) is 4.79 Å². The van der Waals surface area contributed by atoms with Crippen LogP contribution >= 0.6 is 23.2 Å². The quantitative estimate of drug-likeness (QED) is 0.886. The number of hydrogen-bond acceptors (Lipinski definition) is 3. The molecule has 18 heavy (non-hydrogen) atoms. The number of nitrogens with two attached hydrogens (primary N) is 1. The summed E-state index contributed by atoms with van der Waals surface area (Å²) in [7, 11) is 0. The lowest BCUT2D eigenvalue weighted by molar-refractivity contribution is 0.0696. The lowest BCUT2D eigenvalue weighted by Crippen LogP contribution is -2.01. The van der Waals surface area contributed by atoms with Crippen LogP contribution in [0.5, 0.6) is 0 Å². The van der Waals surface area contributed by atoms with E-state index in [0.717, 1.165) is 0 Å². The van der Waals surface area contributed by atoms with Crippen molar-refractivity contribution in [2.45, 2.75) is 0 Å². The van der Waals surface area contributed by atoms with Crippen molar-refractivity contribution < 1.29 is 9.90 Å². The average molecular weight is 283 g/mol. The highest BCUT2D eigenvalue weighted by Gasteiger charge is 2.13. The maximum Gasteiger partial charge on any atom is 0.337 e. The molecule has 0 aliphatic carbocycles. The molecule has 92 valence electrons. The topological polar surface area (TPSA) is 76.2 Å². The maximum atomic E-state index is 10.8. The van der Waals surface area contributed by atoms with Crippen molar-refractivity contribution in [2.24, 2.45) is 0 Å². The van der Waals surface area contributed by atoms with Gasteiger partial charge >= 0.3 is 5.97 Å². The van der Waals surface area contributed by atoms with Gasteiger partial charge in [-0.15, -0.1) is 0 Å². The highest BCUT2D eigenvalue weighted by atomic mass is 35.5. The Morgan fingerprint density at radius 2 is 2.06 bits per heavy atom. The predicted molar refractivity (Wildman–Crippen MR) is 71.1 cm³/mol. The second kappa shape index (κ2) is 4.84. The van der Waals surface area contributed by atoms with Gasteiger partial charge in [-0.2, -0.15) is 0 Å². The first kappa shape index (κ1) is 12.7. The SMILES string of the molecule is Nc1cc(C(=O)O)cnc1-c1cccc(Cl)c1Cl. The Kier molecular flexibility index (Phi) is 3.41. The van der Waals surface area contributed by atoms with Crippen LogP contribution in [-0.2, 0) is 0 Å². The molecule has 0 saturated heterocycles. The van der Waals surface area contributed by atoms with Crippen molar-refractivity contribution >= 4 is 34.9 Å². The maximum absolute atomic E-state index is 10.8. The Morgan fingerprint density at radius 3 is 2.67 bits per heavy atom. The minimum absolute atomic E-state index is 0.0226. The number of nitrogens with zero attached hydrogens (tertiary/aromatic N) is 1. The third-order valence-electron chi connectivity index (χ3n) is 2.37. The summed E-state index contributed by atoms with van der Waals surface area (Å²) < 4.78 is 0. The third kappa shape index (κ3) is 2.25. The zero-order valence-corrected chi connectivity index (χ0v) is 10.5. The molecular formula is C12H8Cl2N2O2. The molecule has 0 bridgehead atoms. The summed E-state index contributed by atoms with van der Waals surface area (Å²) in [5.41, 5.74) is 7.02. The molecule has 0 aliphatic heterocycles. The Hall–Kier alpha value is -1.78. The highest BCUT2D eigenvalue weighted by Crippen LogP contribution is 2.35. The van der Waals surface area contributed by atoms with Gasteiger partial charge in [-0.3, -0.25) is 4.98 Å². The second-order valence-corrected chi connectivity index (χ2v) is 4.35. The molecule has 1 aromatic heterocycles. The van der Waals surface area contributed by atoms with Crippen LogP contribution in [0, 0.1) is 0 Å². The van der Waals surface area contributed by atoms with E-state index in [9.17, 15) is 4.79 Å². The molecule has 2 aromatic rings. The van der Waals surface area contributed by atoms with Crippen LogP contribution in [0.4, 0.5) is 5.69 Å². The molecule has 0 aliphatic rings. The first-order chi connectivity index (χ1) is 8.50. The number of anilines is 1. The fourth-order valence-electron chi connectivity index (χ4n) is 1.51. The summed E-state index contributed by atoms with van der Waals surface area (Å²) >= 11 is 12.0. The summed E-state index contributed by atoms with van der Waals surface area (Å²) in [5, 5.41) is 9.55. The van der Waals surface area contributed by atoms with Gasteiger partial charge in [0.2, 0.25) is 0 Å². The van der Waals surface area contributed by atoms with Crippen LogP contribution in [0.1, 0.15) is 10.4 Å². The summed E-state index contributed by atoms with van der Waals surface area (Å²) in [4.78, 5) is 14.8. The summed E-state index contributed by atoms with van der Waals surface area (Å²) in [5.74, 6) is -1.09. The summed E-state index contributed by atoms with van der Waals surface area (Å²) in [6, 6.07) is 6.42. The standard InChI is InChI=1S/C12H8Cl2N2O2/c13-8-3-1-2-7(10(8)14)11-9(15)4-6(5-16-11)12(17)18/h1-5H,15H2,(H,17,18). The lowest BCUT2D eigenvalue weighted by Gasteiger charge is -2.08. The first-order valence-electron chi connectivity index (χ1n) is 4.94. The van der Waals surface area contributed by atoms with E-state index in [0.29, 0.717) is 21.3 Å². The van der Waals surface area contributed by atoms with Crippen molar-refractivity contribution in [3.05, 3.63) is 46.1 Å². The third-order valence-corrected chi connectivity index (χ3v) is 3.19. The average Bonchev–Trinajstić information content (AvgIpc) is 2.33. The molecule has 0 fully saturated rings. The van der Waals surface area contributed by atoms with E-state index in [1.807, 2.05) is 0 Å². The Balaban J connectivity index is 2.58. The van der Waals surface area contributed by atoms with E-state index in [4.69, 9.17) is 34.0 Å². The molecule has 0 unspecified atom stereocenters. The van der Waals surface area contributed by atoms with Gasteiger partial charge in [0.05, 0.1) is 27.0 Å². The van der Waals surface area contributed by atoms with Gasteiger partial charge in [-0.1, -0.05) is 35.3 Å². The van der Waals surface area contributed by atoms with E-state index in [-0.39, 0.29) is 11.3 Å². The molecule has 1 aromatic carbocycles. The normalized spacial score (nSPS) is 10.3. The monoisotopic (exact) mass is 282 g/mol. The molecule has 3 N–H and O–H groups in total. The summed E-state index contributed by atoms with van der Waals surface area (Å²) in [6.45, 7) is 0. The largest absolute Gasteiger partial charge is 0.478 e. The number of nitrogen functional groups attached to an aromatic ring is 1. The number of carboxylic acid groups (broad SMARTS) is 1. The first-order valence-corrected chi connectivity index (χ1v) is 5.69. The fourth-order valence-corrected chi connectivity index (χ4v) is 1.90. The van der Waals surface area contributed by atoms with Crippen LogP contribution < -0.4 is 5.73 Å². The number of carbonyl (C=O) groups is 1. The number of pyridine rings is 1. The number of benzene rings is 1. The molecule has 0 amide bonds. The molecule has 0 radical (unpaired) electrons. The van der Waals surface area contributed by atoms with Crippen LogP contribution in [0.15, 0.2) is 30.5 Å². The van der Waals surface area contributed by atoms with Crippen LogP contribution in [0.25, 0.3) is 11.3 Å². The van der Waals surface area contributed by atoms with Crippen molar-refractivity contribution in [3.8, 4) is 11.3 Å². The zero-order chi connectivity index (χ0) is 13.3. The number of aromatic carboxylic acids is 1. The minimum atomic E-state index is -1.09. The Labute approximate surface area is 113 Å². The van der Waals surface area contributed by atoms with Crippen molar-refractivity contribution in [2.75, 3.05) is 5.73 Å². The van der Waals surface area contributed by atoms with Gasteiger partial charge in [0.25, 0.3) is 0 Å². The fraction of sp³-hybridized carbons (Fsp3) is 0. The van der Waals surface area contributed by atoms with Crippen molar-refractivity contribution in [3.63, 3.8) is 0 Å². The van der Waals surface area contributed by atoms with Crippen LogP contribution in [0.2, 0.25) is 10.0 Å². The molecule has 2 rings (SSSR count). The van der Waals surface area contributed by atoms with Crippen LogP contribution in [0.3, 0.4) is 0 Å². The van der Waals surface area contributed by atoms with Gasteiger partial charge in [0.15, 0.2) is 0 Å². The predicted octanol–water partition coefficient (Wildman–Crippen LogP) is 3.34. The van der Waals surface area contributed by atoms with Gasteiger partial charge in [-0.05, 0) is 12.1 Å². The van der Waals surface area contributed by atoms with E-state index in [2.05, 4.69) is 4.98 Å². The van der Waals surface area contributed by atoms with Gasteiger partial charge < -0.3 is 10.8 Å². The molecule has 0 saturated carbocycles. The van der Waals surface area contributed by atoms with E-state index < -0.39 is 5.97 Å². The number of rotatable bonds is 2. The lowest BCUT2D eigenvalue weighted by atomic mass is 10.1. The molecule has 0 atom stereocenters. The van der Waals surface area contributed by atoms with E-state index in [1.54, 1.807) is 18.2 Å². The smallest absolute Gasteiger partial charge is 0.337 e. The minimum Gasteiger partial charge on any atom is -0.478 e. The summed E-state index contributed by atoms with van der Waals surface area (Å²) in [6.07, 6.45) is 1.23. The molecule has 1 heterocycles. The Morgan fingerprint density at radius 1 is 1.33 bits per heavy atom. The molecular weight excluding hydrogens is 275 g/mol. The Bertz CT molecular complexity index is 629. The number of carboxylic acids is 1. The number of aromatic nitrogens is 1. The number of halogens is 2. The van der Waals surface area contributed by atoms with Crippen molar-refractivity contribution in [1.29, 1.82) is 0 Å². The molecule has 6 heteroatoms. The van der Waals surface area contributed by atoms with Gasteiger partial charge in [0, 0.05) is 11.8 Å². The van der Waals surface area contributed by atoms with E-state index in [1.165, 1.54) is 12.3 Å². The second-order valence-electron chi connectivity index (χ2n) is 3.57. The van der Waals surface area contributed by atoms with Gasteiger partial charge in [0.1, 0.15) is 0 Å². The van der Waals surface area contributed by atoms with E-state index >= 15 is 0 Å². The highest BCUT2D eigenvalue weighted by molar-refractivity contribution is 6.43. The number of hydrogen-bond donors (Lipinski definition) is 2.